The van der Waals surface area contributed by atoms with Crippen LogP contribution in [-0.4, -0.2) is 15.9 Å². The van der Waals surface area contributed by atoms with Gasteiger partial charge in [-0.1, -0.05) is 29.8 Å². The van der Waals surface area contributed by atoms with Crippen LogP contribution in [0.4, 0.5) is 5.69 Å². The van der Waals surface area contributed by atoms with Gasteiger partial charge in [-0.15, -0.1) is 0 Å². The van der Waals surface area contributed by atoms with Crippen molar-refractivity contribution in [2.24, 2.45) is 0 Å². The maximum absolute atomic E-state index is 12.4. The van der Waals surface area contributed by atoms with E-state index in [-0.39, 0.29) is 17.9 Å². The Morgan fingerprint density at radius 1 is 1.07 bits per heavy atom. The molecule has 0 saturated carbocycles. The van der Waals surface area contributed by atoms with Crippen LogP contribution in [0.2, 0.25) is 0 Å². The van der Waals surface area contributed by atoms with Gasteiger partial charge in [0.15, 0.2) is 5.75 Å². The third-order valence-corrected chi connectivity index (χ3v) is 4.35. The van der Waals surface area contributed by atoms with Gasteiger partial charge in [-0.05, 0) is 51.5 Å². The molecule has 0 aliphatic rings. The Kier molecular flexibility index (Phi) is 5.89. The predicted octanol–water partition coefficient (Wildman–Crippen LogP) is 4.06. The van der Waals surface area contributed by atoms with Crippen molar-refractivity contribution in [1.29, 1.82) is 0 Å². The van der Waals surface area contributed by atoms with Crippen LogP contribution in [-0.2, 0) is 11.2 Å². The number of carbonyl (C=O) groups is 1. The molecule has 2 N–H and O–H groups in total. The number of carbonyl (C=O) groups excluding carboxylic acids is 1. The Morgan fingerprint density at radius 2 is 1.79 bits per heavy atom. The number of anilines is 1. The van der Waals surface area contributed by atoms with Crippen LogP contribution in [0.3, 0.4) is 0 Å². The summed E-state index contributed by atoms with van der Waals surface area (Å²) in [5.74, 6) is 1.63. The molecule has 0 saturated heterocycles. The van der Waals surface area contributed by atoms with E-state index in [1.807, 2.05) is 43.3 Å². The van der Waals surface area contributed by atoms with Gasteiger partial charge in [0.2, 0.25) is 5.91 Å². The zero-order chi connectivity index (χ0) is 20.1. The van der Waals surface area contributed by atoms with E-state index >= 15 is 0 Å². The van der Waals surface area contributed by atoms with E-state index < -0.39 is 0 Å². The number of nitrogens with one attached hydrogen (secondary N) is 2. The van der Waals surface area contributed by atoms with Gasteiger partial charge in [-0.3, -0.25) is 9.59 Å². The number of aromatic amines is 1. The van der Waals surface area contributed by atoms with Gasteiger partial charge in [-0.25, -0.2) is 4.98 Å². The molecule has 1 aromatic heterocycles. The number of benzene rings is 2. The Bertz CT molecular complexity index is 1040. The van der Waals surface area contributed by atoms with Crippen molar-refractivity contribution in [3.63, 3.8) is 0 Å². The van der Waals surface area contributed by atoms with Gasteiger partial charge in [-0.2, -0.15) is 0 Å². The lowest BCUT2D eigenvalue weighted by atomic mass is 10.1. The Balaban J connectivity index is 1.68. The van der Waals surface area contributed by atoms with Gasteiger partial charge >= 0.3 is 0 Å². The van der Waals surface area contributed by atoms with E-state index in [0.717, 1.165) is 5.56 Å². The lowest BCUT2D eigenvalue weighted by molar-refractivity contribution is -0.116. The molecule has 0 aliphatic heterocycles. The molecule has 1 amide bonds. The number of para-hydroxylation sites is 2. The first kappa shape index (κ1) is 19.4. The van der Waals surface area contributed by atoms with E-state index in [0.29, 0.717) is 40.7 Å². The van der Waals surface area contributed by atoms with Crippen LogP contribution in [0.15, 0.2) is 53.3 Å². The molecule has 1 heterocycles. The van der Waals surface area contributed by atoms with Gasteiger partial charge in [0.1, 0.15) is 11.6 Å². The number of rotatable bonds is 6. The van der Waals surface area contributed by atoms with Gasteiger partial charge in [0.05, 0.1) is 5.69 Å². The lowest BCUT2D eigenvalue weighted by Gasteiger charge is -2.12. The van der Waals surface area contributed by atoms with E-state index in [4.69, 9.17) is 4.74 Å². The maximum Gasteiger partial charge on any atom is 0.254 e. The SMILES string of the molecule is Cc1ccc(Oc2ccccc2NC(=O)CCc2c(C)nc(C)[nH]c2=O)cc1. The van der Waals surface area contributed by atoms with Crippen LogP contribution in [0.1, 0.15) is 29.1 Å². The molecule has 6 heteroatoms. The molecule has 0 unspecified atom stereocenters. The number of hydrogen-bond acceptors (Lipinski definition) is 4. The summed E-state index contributed by atoms with van der Waals surface area (Å²) in [6.45, 7) is 5.52. The molecule has 0 aliphatic carbocycles. The van der Waals surface area contributed by atoms with Crippen molar-refractivity contribution < 1.29 is 9.53 Å². The van der Waals surface area contributed by atoms with Crippen molar-refractivity contribution in [1.82, 2.24) is 9.97 Å². The minimum Gasteiger partial charge on any atom is -0.455 e. The second kappa shape index (κ2) is 8.52. The molecular formula is C22H23N3O3. The first-order valence-electron chi connectivity index (χ1n) is 9.12. The Morgan fingerprint density at radius 3 is 2.50 bits per heavy atom. The standard InChI is InChI=1S/C22H23N3O3/c1-14-8-10-17(11-9-14)28-20-7-5-4-6-19(20)25-21(26)13-12-18-15(2)23-16(3)24-22(18)27/h4-11H,12-13H2,1-3H3,(H,25,26)(H,23,24,27). The fourth-order valence-corrected chi connectivity index (χ4v) is 2.89. The summed E-state index contributed by atoms with van der Waals surface area (Å²) in [5, 5.41) is 2.87. The molecule has 0 atom stereocenters. The number of H-pyrrole nitrogens is 1. The quantitative estimate of drug-likeness (QED) is 0.678. The number of nitrogens with zero attached hydrogens (tertiary/aromatic N) is 1. The van der Waals surface area contributed by atoms with Crippen molar-refractivity contribution in [3.8, 4) is 11.5 Å². The fraction of sp³-hybridized carbons (Fsp3) is 0.227. The largest absolute Gasteiger partial charge is 0.455 e. The molecule has 0 fully saturated rings. The molecule has 2 aromatic carbocycles. The summed E-state index contributed by atoms with van der Waals surface area (Å²) in [4.78, 5) is 31.4. The lowest BCUT2D eigenvalue weighted by Crippen LogP contribution is -2.20. The number of aromatic nitrogens is 2. The van der Waals surface area contributed by atoms with E-state index in [1.54, 1.807) is 26.0 Å². The van der Waals surface area contributed by atoms with E-state index in [1.165, 1.54) is 0 Å². The fourth-order valence-electron chi connectivity index (χ4n) is 2.89. The summed E-state index contributed by atoms with van der Waals surface area (Å²) in [5.41, 5.74) is 2.72. The highest BCUT2D eigenvalue weighted by atomic mass is 16.5. The molecular weight excluding hydrogens is 354 g/mol. The highest BCUT2D eigenvalue weighted by Gasteiger charge is 2.12. The van der Waals surface area contributed by atoms with Crippen LogP contribution < -0.4 is 15.6 Å². The number of aryl methyl sites for hydroxylation is 3. The summed E-state index contributed by atoms with van der Waals surface area (Å²) >= 11 is 0. The molecule has 0 bridgehead atoms. The molecule has 28 heavy (non-hydrogen) atoms. The number of hydrogen-bond donors (Lipinski definition) is 2. The molecule has 3 aromatic rings. The topological polar surface area (TPSA) is 84.1 Å². The maximum atomic E-state index is 12.4. The monoisotopic (exact) mass is 377 g/mol. The summed E-state index contributed by atoms with van der Waals surface area (Å²) in [7, 11) is 0. The van der Waals surface area contributed by atoms with Gasteiger partial charge < -0.3 is 15.0 Å². The second-order valence-electron chi connectivity index (χ2n) is 6.67. The van der Waals surface area contributed by atoms with Crippen molar-refractivity contribution >= 4 is 11.6 Å². The molecule has 0 radical (unpaired) electrons. The third-order valence-electron chi connectivity index (χ3n) is 4.35. The van der Waals surface area contributed by atoms with Gasteiger partial charge in [0.25, 0.3) is 5.56 Å². The second-order valence-corrected chi connectivity index (χ2v) is 6.67. The minimum atomic E-state index is -0.195. The highest BCUT2D eigenvalue weighted by Crippen LogP contribution is 2.29. The van der Waals surface area contributed by atoms with Gasteiger partial charge in [0, 0.05) is 17.7 Å². The Hall–Kier alpha value is -3.41. The number of ether oxygens (including phenoxy) is 1. The first-order valence-corrected chi connectivity index (χ1v) is 9.12. The zero-order valence-electron chi connectivity index (χ0n) is 16.2. The smallest absolute Gasteiger partial charge is 0.254 e. The molecule has 3 rings (SSSR count). The summed E-state index contributed by atoms with van der Waals surface area (Å²) < 4.78 is 5.90. The molecule has 0 spiro atoms. The molecule has 144 valence electrons. The van der Waals surface area contributed by atoms with Crippen LogP contribution in [0.5, 0.6) is 11.5 Å². The Labute approximate surface area is 163 Å². The first-order chi connectivity index (χ1) is 13.4. The zero-order valence-corrected chi connectivity index (χ0v) is 16.2. The average molecular weight is 377 g/mol. The van der Waals surface area contributed by atoms with Crippen molar-refractivity contribution in [2.45, 2.75) is 33.6 Å². The summed E-state index contributed by atoms with van der Waals surface area (Å²) in [6, 6.07) is 15.0. The third kappa shape index (κ3) is 4.85. The van der Waals surface area contributed by atoms with Crippen LogP contribution in [0, 0.1) is 20.8 Å². The van der Waals surface area contributed by atoms with Crippen LogP contribution in [0.25, 0.3) is 0 Å². The van der Waals surface area contributed by atoms with E-state index in [2.05, 4.69) is 15.3 Å². The normalized spacial score (nSPS) is 10.5. The van der Waals surface area contributed by atoms with Crippen LogP contribution >= 0.6 is 0 Å². The number of amides is 1. The van der Waals surface area contributed by atoms with E-state index in [9.17, 15) is 9.59 Å². The summed E-state index contributed by atoms with van der Waals surface area (Å²) in [6.07, 6.45) is 0.495. The molecule has 6 nitrogen and oxygen atoms in total. The predicted molar refractivity (Wildman–Crippen MR) is 109 cm³/mol. The average Bonchev–Trinajstić information content (AvgIpc) is 2.64. The van der Waals surface area contributed by atoms with Crippen molar-refractivity contribution in [3.05, 3.63) is 81.5 Å². The van der Waals surface area contributed by atoms with Crippen molar-refractivity contribution in [2.75, 3.05) is 5.32 Å². The minimum absolute atomic E-state index is 0.174. The highest BCUT2D eigenvalue weighted by molar-refractivity contribution is 5.92.